The highest BCUT2D eigenvalue weighted by atomic mass is 15.0. The number of nitrogens with zero attached hydrogens (tertiary/aromatic N) is 1. The molecule has 0 aromatic carbocycles. The zero-order valence-corrected chi connectivity index (χ0v) is 7.02. The van der Waals surface area contributed by atoms with Crippen LogP contribution in [-0.4, -0.2) is 25.8 Å². The lowest BCUT2D eigenvalue weighted by Gasteiger charge is -2.12. The molecule has 0 bridgehead atoms. The number of hydrogen-bond acceptors (Lipinski definition) is 1. The van der Waals surface area contributed by atoms with Crippen molar-refractivity contribution in [3.63, 3.8) is 0 Å². The van der Waals surface area contributed by atoms with E-state index in [1.165, 1.54) is 11.1 Å². The molecule has 0 aromatic rings. The lowest BCUT2D eigenvalue weighted by Crippen LogP contribution is -2.28. The largest absolute Gasteiger partial charge is 0.344 e. The summed E-state index contributed by atoms with van der Waals surface area (Å²) in [5.41, 5.74) is 2.65. The summed E-state index contributed by atoms with van der Waals surface area (Å²) < 4.78 is 0. The van der Waals surface area contributed by atoms with Crippen LogP contribution in [0.15, 0.2) is 23.7 Å². The average Bonchev–Trinajstić information content (AvgIpc) is 2.13. The zero-order valence-electron chi connectivity index (χ0n) is 7.02. The first-order valence-electron chi connectivity index (χ1n) is 3.64. The molecule has 0 radical (unpaired) electrons. The average molecular weight is 135 g/mol. The van der Waals surface area contributed by atoms with Gasteiger partial charge in [0.05, 0.1) is 0 Å². The van der Waals surface area contributed by atoms with Gasteiger partial charge in [0.15, 0.2) is 0 Å². The predicted octanol–water partition coefficient (Wildman–Crippen LogP) is 1.59. The summed E-state index contributed by atoms with van der Waals surface area (Å²) in [6.07, 6.45) is 1.11. The molecule has 0 amide bonds. The minimum absolute atomic E-state index is 0.590. The smallest absolute Gasteiger partial charge is 0.254 e. The van der Waals surface area contributed by atoms with Crippen LogP contribution in [0.25, 0.3) is 0 Å². The molecular weight excluding hydrogens is 121 g/mol. The molecule has 1 aliphatic rings. The van der Waals surface area contributed by atoms with E-state index in [2.05, 4.69) is 38.4 Å². The van der Waals surface area contributed by atoms with E-state index in [1.807, 2.05) is 0 Å². The monoisotopic (exact) mass is 135 g/mol. The standard InChI is InChI=1S/C8H14BN/c1-7-5-9(10(3)4)6-8(7)2/h6H,1,5H2,2-4H3. The van der Waals surface area contributed by atoms with E-state index in [4.69, 9.17) is 0 Å². The Morgan fingerprint density at radius 3 is 2.40 bits per heavy atom. The van der Waals surface area contributed by atoms with Crippen molar-refractivity contribution in [2.24, 2.45) is 0 Å². The SMILES string of the molecule is C=C1CB(N(C)C)C=C1C. The third kappa shape index (κ3) is 1.32. The second-order valence-corrected chi connectivity index (χ2v) is 3.19. The first kappa shape index (κ1) is 7.61. The van der Waals surface area contributed by atoms with Crippen molar-refractivity contribution < 1.29 is 0 Å². The third-order valence-electron chi connectivity index (χ3n) is 2.12. The van der Waals surface area contributed by atoms with Crippen LogP contribution in [0, 0.1) is 0 Å². The molecule has 0 aromatic heterocycles. The number of rotatable bonds is 1. The van der Waals surface area contributed by atoms with Crippen molar-refractivity contribution in [2.75, 3.05) is 14.1 Å². The highest BCUT2D eigenvalue weighted by Gasteiger charge is 2.21. The van der Waals surface area contributed by atoms with E-state index in [9.17, 15) is 0 Å². The van der Waals surface area contributed by atoms with Crippen molar-refractivity contribution in [3.8, 4) is 0 Å². The molecule has 0 aliphatic carbocycles. The van der Waals surface area contributed by atoms with Crippen LogP contribution in [0.3, 0.4) is 0 Å². The summed E-state index contributed by atoms with van der Waals surface area (Å²) in [4.78, 5) is 2.22. The maximum absolute atomic E-state index is 3.97. The van der Waals surface area contributed by atoms with Gasteiger partial charge in [0.25, 0.3) is 6.85 Å². The second kappa shape index (κ2) is 2.63. The Balaban J connectivity index is 2.65. The maximum Gasteiger partial charge on any atom is 0.254 e. The minimum atomic E-state index is 0.590. The van der Waals surface area contributed by atoms with E-state index in [0.717, 1.165) is 6.32 Å². The molecule has 2 heteroatoms. The molecule has 1 rings (SSSR count). The molecule has 0 N–H and O–H groups in total. The van der Waals surface area contributed by atoms with E-state index in [-0.39, 0.29) is 0 Å². The molecule has 54 valence electrons. The fraction of sp³-hybridized carbons (Fsp3) is 0.500. The number of hydrogen-bond donors (Lipinski definition) is 0. The van der Waals surface area contributed by atoms with Crippen LogP contribution in [-0.2, 0) is 0 Å². The number of allylic oxidation sites excluding steroid dienone is 2. The van der Waals surface area contributed by atoms with Gasteiger partial charge in [0, 0.05) is 0 Å². The van der Waals surface area contributed by atoms with E-state index in [0.29, 0.717) is 6.85 Å². The first-order valence-corrected chi connectivity index (χ1v) is 3.64. The van der Waals surface area contributed by atoms with Crippen molar-refractivity contribution >= 4 is 6.85 Å². The quantitative estimate of drug-likeness (QED) is 0.493. The van der Waals surface area contributed by atoms with E-state index >= 15 is 0 Å². The van der Waals surface area contributed by atoms with E-state index < -0.39 is 0 Å². The molecule has 1 heterocycles. The van der Waals surface area contributed by atoms with Gasteiger partial charge in [-0.1, -0.05) is 23.7 Å². The summed E-state index contributed by atoms with van der Waals surface area (Å²) in [6.45, 7) is 6.69. The van der Waals surface area contributed by atoms with Crippen LogP contribution in [0.4, 0.5) is 0 Å². The van der Waals surface area contributed by atoms with Crippen LogP contribution in [0.2, 0.25) is 6.32 Å². The van der Waals surface area contributed by atoms with Gasteiger partial charge in [-0.15, -0.1) is 0 Å². The Bertz CT molecular complexity index is 182. The Morgan fingerprint density at radius 2 is 2.20 bits per heavy atom. The summed E-state index contributed by atoms with van der Waals surface area (Å²) in [5, 5.41) is 0. The third-order valence-corrected chi connectivity index (χ3v) is 2.12. The molecule has 0 saturated carbocycles. The van der Waals surface area contributed by atoms with Crippen molar-refractivity contribution in [1.29, 1.82) is 0 Å². The zero-order chi connectivity index (χ0) is 7.72. The molecule has 0 unspecified atom stereocenters. The van der Waals surface area contributed by atoms with Gasteiger partial charge in [-0.2, -0.15) is 0 Å². The van der Waals surface area contributed by atoms with Gasteiger partial charge in [-0.3, -0.25) is 0 Å². The van der Waals surface area contributed by atoms with Gasteiger partial charge in [0.1, 0.15) is 0 Å². The molecule has 1 aliphatic heterocycles. The minimum Gasteiger partial charge on any atom is -0.344 e. The van der Waals surface area contributed by atoms with Crippen molar-refractivity contribution in [3.05, 3.63) is 23.7 Å². The van der Waals surface area contributed by atoms with Gasteiger partial charge in [-0.05, 0) is 27.3 Å². The van der Waals surface area contributed by atoms with Gasteiger partial charge >= 0.3 is 0 Å². The summed E-state index contributed by atoms with van der Waals surface area (Å²) >= 11 is 0. The summed E-state index contributed by atoms with van der Waals surface area (Å²) in [7, 11) is 4.21. The second-order valence-electron chi connectivity index (χ2n) is 3.19. The normalized spacial score (nSPS) is 18.6. The summed E-state index contributed by atoms with van der Waals surface area (Å²) in [5.74, 6) is 2.28. The Morgan fingerprint density at radius 1 is 1.60 bits per heavy atom. The topological polar surface area (TPSA) is 3.24 Å². The maximum atomic E-state index is 3.97. The van der Waals surface area contributed by atoms with Crippen LogP contribution < -0.4 is 0 Å². The Hall–Kier alpha value is -0.495. The van der Waals surface area contributed by atoms with Crippen LogP contribution >= 0.6 is 0 Å². The fourth-order valence-electron chi connectivity index (χ4n) is 1.21. The molecule has 1 nitrogen and oxygen atoms in total. The van der Waals surface area contributed by atoms with Gasteiger partial charge in [-0.25, -0.2) is 0 Å². The highest BCUT2D eigenvalue weighted by molar-refractivity contribution is 6.63. The lowest BCUT2D eigenvalue weighted by molar-refractivity contribution is 0.649. The predicted molar refractivity (Wildman–Crippen MR) is 47.1 cm³/mol. The molecule has 0 saturated heterocycles. The van der Waals surface area contributed by atoms with E-state index in [1.54, 1.807) is 0 Å². The first-order chi connectivity index (χ1) is 4.61. The van der Waals surface area contributed by atoms with Crippen molar-refractivity contribution in [1.82, 2.24) is 4.81 Å². The van der Waals surface area contributed by atoms with Gasteiger partial charge < -0.3 is 4.81 Å². The Labute approximate surface area is 63.5 Å². The van der Waals surface area contributed by atoms with Crippen LogP contribution in [0.1, 0.15) is 6.92 Å². The fourth-order valence-corrected chi connectivity index (χ4v) is 1.21. The molecular formula is C8H14BN. The Kier molecular flexibility index (Phi) is 2.00. The molecule has 0 atom stereocenters. The lowest BCUT2D eigenvalue weighted by atomic mass is 9.60. The summed E-state index contributed by atoms with van der Waals surface area (Å²) in [6, 6.07) is 0. The van der Waals surface area contributed by atoms with Crippen molar-refractivity contribution in [2.45, 2.75) is 13.2 Å². The molecule has 10 heavy (non-hydrogen) atoms. The molecule has 0 fully saturated rings. The molecule has 0 spiro atoms. The van der Waals surface area contributed by atoms with Gasteiger partial charge in [0.2, 0.25) is 0 Å². The highest BCUT2D eigenvalue weighted by Crippen LogP contribution is 2.23. The van der Waals surface area contributed by atoms with Crippen LogP contribution in [0.5, 0.6) is 0 Å².